The van der Waals surface area contributed by atoms with Crippen LogP contribution in [-0.4, -0.2) is 41.1 Å². The largest absolute Gasteiger partial charge is 0.507 e. The lowest BCUT2D eigenvalue weighted by Gasteiger charge is -2.33. The van der Waals surface area contributed by atoms with Crippen molar-refractivity contribution in [3.05, 3.63) is 28.2 Å². The molecule has 0 aliphatic carbocycles. The maximum atomic E-state index is 12.1. The summed E-state index contributed by atoms with van der Waals surface area (Å²) >= 11 is 3.22. The molecule has 0 saturated carbocycles. The molecule has 1 amide bonds. The van der Waals surface area contributed by atoms with Crippen LogP contribution in [0, 0.1) is 0 Å². The number of esters is 1. The van der Waals surface area contributed by atoms with E-state index in [1.165, 1.54) is 12.1 Å². The van der Waals surface area contributed by atoms with Gasteiger partial charge in [0.1, 0.15) is 11.3 Å². The fourth-order valence-electron chi connectivity index (χ4n) is 2.43. The first-order valence-electron chi connectivity index (χ1n) is 6.94. The van der Waals surface area contributed by atoms with Gasteiger partial charge in [-0.3, -0.25) is 4.79 Å². The van der Waals surface area contributed by atoms with E-state index in [0.717, 1.165) is 19.3 Å². The van der Waals surface area contributed by atoms with Gasteiger partial charge in [0.05, 0.1) is 0 Å². The van der Waals surface area contributed by atoms with Gasteiger partial charge in [0, 0.05) is 17.1 Å². The Balaban J connectivity index is 1.94. The quantitative estimate of drug-likeness (QED) is 0.846. The van der Waals surface area contributed by atoms with E-state index in [9.17, 15) is 14.7 Å². The molecule has 1 aromatic carbocycles. The molecule has 1 aliphatic rings. The first kappa shape index (κ1) is 15.8. The Morgan fingerprint density at radius 1 is 1.43 bits per heavy atom. The van der Waals surface area contributed by atoms with Crippen molar-refractivity contribution in [2.75, 3.05) is 13.2 Å². The number of aromatic hydroxyl groups is 1. The van der Waals surface area contributed by atoms with Crippen molar-refractivity contribution in [3.8, 4) is 5.75 Å². The number of piperidine rings is 1. The van der Waals surface area contributed by atoms with Gasteiger partial charge in [-0.05, 0) is 44.4 Å². The number of phenols is 1. The van der Waals surface area contributed by atoms with E-state index in [1.807, 2.05) is 6.92 Å². The van der Waals surface area contributed by atoms with E-state index in [-0.39, 0.29) is 29.9 Å². The van der Waals surface area contributed by atoms with Crippen LogP contribution in [0.3, 0.4) is 0 Å². The fourth-order valence-corrected chi connectivity index (χ4v) is 2.79. The molecule has 1 atom stereocenters. The van der Waals surface area contributed by atoms with Crippen molar-refractivity contribution in [1.29, 1.82) is 0 Å². The Morgan fingerprint density at radius 2 is 2.19 bits per heavy atom. The first-order chi connectivity index (χ1) is 9.99. The van der Waals surface area contributed by atoms with Crippen molar-refractivity contribution < 1.29 is 19.4 Å². The second-order valence-electron chi connectivity index (χ2n) is 5.17. The molecule has 0 aromatic heterocycles. The summed E-state index contributed by atoms with van der Waals surface area (Å²) in [7, 11) is 0. The highest BCUT2D eigenvalue weighted by Gasteiger charge is 2.24. The van der Waals surface area contributed by atoms with Crippen LogP contribution in [0.4, 0.5) is 0 Å². The number of carbonyl (C=O) groups excluding carboxylic acids is 2. The van der Waals surface area contributed by atoms with Crippen molar-refractivity contribution in [2.24, 2.45) is 0 Å². The van der Waals surface area contributed by atoms with E-state index in [0.29, 0.717) is 11.0 Å². The predicted molar refractivity (Wildman–Crippen MR) is 81.1 cm³/mol. The van der Waals surface area contributed by atoms with Gasteiger partial charge in [0.15, 0.2) is 6.61 Å². The summed E-state index contributed by atoms with van der Waals surface area (Å²) in [6.07, 6.45) is 3.08. The van der Waals surface area contributed by atoms with Crippen LogP contribution in [0.2, 0.25) is 0 Å². The van der Waals surface area contributed by atoms with Crippen molar-refractivity contribution >= 4 is 27.8 Å². The van der Waals surface area contributed by atoms with Gasteiger partial charge in [-0.25, -0.2) is 4.79 Å². The molecule has 6 heteroatoms. The van der Waals surface area contributed by atoms with Crippen molar-refractivity contribution in [3.63, 3.8) is 0 Å². The molecule has 1 heterocycles. The number of ether oxygens (including phenoxy) is 1. The zero-order valence-electron chi connectivity index (χ0n) is 11.8. The summed E-state index contributed by atoms with van der Waals surface area (Å²) in [6, 6.07) is 4.66. The number of halogens is 1. The normalized spacial score (nSPS) is 18.4. The monoisotopic (exact) mass is 355 g/mol. The third-order valence-corrected chi connectivity index (χ3v) is 4.12. The zero-order chi connectivity index (χ0) is 15.4. The van der Waals surface area contributed by atoms with Gasteiger partial charge in [-0.1, -0.05) is 15.9 Å². The van der Waals surface area contributed by atoms with Crippen LogP contribution in [0.5, 0.6) is 5.75 Å². The Morgan fingerprint density at radius 3 is 2.90 bits per heavy atom. The zero-order valence-corrected chi connectivity index (χ0v) is 13.4. The topological polar surface area (TPSA) is 66.8 Å². The van der Waals surface area contributed by atoms with Gasteiger partial charge in [0.25, 0.3) is 5.91 Å². The molecule has 1 fully saturated rings. The van der Waals surface area contributed by atoms with E-state index in [4.69, 9.17) is 4.74 Å². The Hall–Kier alpha value is -1.56. The minimum absolute atomic E-state index is 0.0452. The maximum Gasteiger partial charge on any atom is 0.342 e. The Kier molecular flexibility index (Phi) is 5.22. The molecule has 0 spiro atoms. The van der Waals surface area contributed by atoms with Crippen LogP contribution in [0.1, 0.15) is 36.5 Å². The van der Waals surface area contributed by atoms with E-state index in [1.54, 1.807) is 11.0 Å². The third kappa shape index (κ3) is 3.97. The lowest BCUT2D eigenvalue weighted by molar-refractivity contribution is -0.137. The fraction of sp³-hybridized carbons (Fsp3) is 0.467. The van der Waals surface area contributed by atoms with E-state index < -0.39 is 5.97 Å². The average molecular weight is 356 g/mol. The predicted octanol–water partition coefficient (Wildman–Crippen LogP) is 2.71. The number of carbonyl (C=O) groups is 2. The minimum atomic E-state index is -0.702. The SMILES string of the molecule is C[C@H]1CCCCN1C(=O)COC(=O)c1cc(Br)ccc1O. The summed E-state index contributed by atoms with van der Waals surface area (Å²) in [5.74, 6) is -1.06. The third-order valence-electron chi connectivity index (χ3n) is 3.63. The number of nitrogens with zero attached hydrogens (tertiary/aromatic N) is 1. The second kappa shape index (κ2) is 6.93. The molecule has 0 unspecified atom stereocenters. The first-order valence-corrected chi connectivity index (χ1v) is 7.73. The summed E-state index contributed by atoms with van der Waals surface area (Å²) in [6.45, 7) is 2.41. The number of phenolic OH excluding ortho intramolecular Hbond substituents is 1. The Labute approximate surface area is 132 Å². The standard InChI is InChI=1S/C15H18BrNO4/c1-10-4-2-3-7-17(10)14(19)9-21-15(20)12-8-11(16)5-6-13(12)18/h5-6,8,10,18H,2-4,7,9H2,1H3/t10-/m0/s1. The molecule has 5 nitrogen and oxygen atoms in total. The number of amides is 1. The molecule has 114 valence electrons. The molecular formula is C15H18BrNO4. The lowest BCUT2D eigenvalue weighted by Crippen LogP contribution is -2.44. The van der Waals surface area contributed by atoms with Crippen molar-refractivity contribution in [1.82, 2.24) is 4.90 Å². The molecule has 1 saturated heterocycles. The van der Waals surface area contributed by atoms with Gasteiger partial charge < -0.3 is 14.7 Å². The summed E-state index contributed by atoms with van der Waals surface area (Å²) < 4.78 is 5.67. The molecule has 2 rings (SSSR count). The molecule has 0 bridgehead atoms. The lowest BCUT2D eigenvalue weighted by atomic mass is 10.0. The number of benzene rings is 1. The highest BCUT2D eigenvalue weighted by molar-refractivity contribution is 9.10. The number of rotatable bonds is 3. The van der Waals surface area contributed by atoms with Crippen molar-refractivity contribution in [2.45, 2.75) is 32.2 Å². The van der Waals surface area contributed by atoms with E-state index in [2.05, 4.69) is 15.9 Å². The van der Waals surface area contributed by atoms with Crippen LogP contribution < -0.4 is 0 Å². The van der Waals surface area contributed by atoms with Gasteiger partial charge in [-0.2, -0.15) is 0 Å². The maximum absolute atomic E-state index is 12.1. The molecule has 1 aliphatic heterocycles. The molecule has 1 aromatic rings. The second-order valence-corrected chi connectivity index (χ2v) is 6.09. The summed E-state index contributed by atoms with van der Waals surface area (Å²) in [5.41, 5.74) is 0.0452. The minimum Gasteiger partial charge on any atom is -0.507 e. The molecule has 21 heavy (non-hydrogen) atoms. The van der Waals surface area contributed by atoms with Gasteiger partial charge in [-0.15, -0.1) is 0 Å². The van der Waals surface area contributed by atoms with Crippen LogP contribution in [-0.2, 0) is 9.53 Å². The number of hydrogen-bond acceptors (Lipinski definition) is 4. The highest BCUT2D eigenvalue weighted by atomic mass is 79.9. The van der Waals surface area contributed by atoms with Crippen LogP contribution in [0.15, 0.2) is 22.7 Å². The summed E-state index contributed by atoms with van der Waals surface area (Å²) in [5, 5.41) is 9.64. The molecular weight excluding hydrogens is 338 g/mol. The van der Waals surface area contributed by atoms with Gasteiger partial charge in [0.2, 0.25) is 0 Å². The van der Waals surface area contributed by atoms with Gasteiger partial charge >= 0.3 is 5.97 Å². The number of hydrogen-bond donors (Lipinski definition) is 1. The van der Waals surface area contributed by atoms with E-state index >= 15 is 0 Å². The molecule has 1 N–H and O–H groups in total. The average Bonchev–Trinajstić information content (AvgIpc) is 2.47. The summed E-state index contributed by atoms with van der Waals surface area (Å²) in [4.78, 5) is 25.7. The number of likely N-dealkylation sites (tertiary alicyclic amines) is 1. The Bertz CT molecular complexity index is 546. The van der Waals surface area contributed by atoms with Crippen LogP contribution in [0.25, 0.3) is 0 Å². The smallest absolute Gasteiger partial charge is 0.342 e. The molecule has 0 radical (unpaired) electrons. The highest BCUT2D eigenvalue weighted by Crippen LogP contribution is 2.23. The van der Waals surface area contributed by atoms with Crippen LogP contribution >= 0.6 is 15.9 Å².